The van der Waals surface area contributed by atoms with Crippen molar-refractivity contribution in [1.29, 1.82) is 0 Å². The molecule has 2 rings (SSSR count). The number of amides is 1. The molecule has 0 radical (unpaired) electrons. The van der Waals surface area contributed by atoms with Crippen LogP contribution in [0.1, 0.15) is 5.56 Å². The normalized spacial score (nSPS) is 21.2. The second-order valence-corrected chi connectivity index (χ2v) is 4.76. The average molecular weight is 264 g/mol. The Morgan fingerprint density at radius 1 is 1.47 bits per heavy atom. The lowest BCUT2D eigenvalue weighted by Crippen LogP contribution is -2.52. The van der Waals surface area contributed by atoms with Crippen LogP contribution in [0.25, 0.3) is 0 Å². The Kier molecular flexibility index (Phi) is 4.90. The Bertz CT molecular complexity index is 410. The average Bonchev–Trinajstić information content (AvgIpc) is 2.47. The maximum absolute atomic E-state index is 12.2. The van der Waals surface area contributed by atoms with Crippen molar-refractivity contribution in [3.63, 3.8) is 0 Å². The number of carbonyl (C=O) groups is 1. The molecule has 1 unspecified atom stereocenters. The second-order valence-electron chi connectivity index (χ2n) is 4.76. The molecule has 5 heteroatoms. The summed E-state index contributed by atoms with van der Waals surface area (Å²) in [5, 5.41) is 9.07. The standard InChI is InChI=1S/C14H20N2O3/c15-13(8-11-4-2-1-3-5-11)14(18)16-6-7-19-12(9-16)10-17/h1-5,12-13,17H,6-10,15H2/t12?,13-/m1/s1. The van der Waals surface area contributed by atoms with Crippen LogP contribution in [0, 0.1) is 0 Å². The molecule has 0 aliphatic carbocycles. The molecule has 1 fully saturated rings. The summed E-state index contributed by atoms with van der Waals surface area (Å²) in [6, 6.07) is 9.18. The van der Waals surface area contributed by atoms with Crippen molar-refractivity contribution < 1.29 is 14.6 Å². The van der Waals surface area contributed by atoms with E-state index in [4.69, 9.17) is 15.6 Å². The topological polar surface area (TPSA) is 75.8 Å². The van der Waals surface area contributed by atoms with Gasteiger partial charge in [0.2, 0.25) is 5.91 Å². The van der Waals surface area contributed by atoms with Gasteiger partial charge in [0.25, 0.3) is 0 Å². The molecular formula is C14H20N2O3. The highest BCUT2D eigenvalue weighted by Crippen LogP contribution is 2.09. The van der Waals surface area contributed by atoms with Gasteiger partial charge in [-0.15, -0.1) is 0 Å². The van der Waals surface area contributed by atoms with Gasteiger partial charge >= 0.3 is 0 Å². The predicted molar refractivity (Wildman–Crippen MR) is 71.5 cm³/mol. The van der Waals surface area contributed by atoms with Crippen LogP contribution in [0.4, 0.5) is 0 Å². The Balaban J connectivity index is 1.91. The number of aliphatic hydroxyl groups excluding tert-OH is 1. The largest absolute Gasteiger partial charge is 0.394 e. The maximum atomic E-state index is 12.2. The first-order valence-corrected chi connectivity index (χ1v) is 6.51. The molecule has 0 aromatic heterocycles. The molecule has 19 heavy (non-hydrogen) atoms. The lowest BCUT2D eigenvalue weighted by Gasteiger charge is -2.33. The summed E-state index contributed by atoms with van der Waals surface area (Å²) in [6.07, 6.45) is 0.238. The van der Waals surface area contributed by atoms with Crippen LogP contribution in [-0.4, -0.2) is 54.4 Å². The molecular weight excluding hydrogens is 244 g/mol. The number of rotatable bonds is 4. The Hall–Kier alpha value is -1.43. The van der Waals surface area contributed by atoms with Crippen LogP contribution in [0.3, 0.4) is 0 Å². The van der Waals surface area contributed by atoms with Crippen LogP contribution < -0.4 is 5.73 Å². The fourth-order valence-corrected chi connectivity index (χ4v) is 2.22. The van der Waals surface area contributed by atoms with Crippen molar-refractivity contribution in [3.05, 3.63) is 35.9 Å². The molecule has 2 atom stereocenters. The first-order valence-electron chi connectivity index (χ1n) is 6.51. The summed E-state index contributed by atoms with van der Waals surface area (Å²) < 4.78 is 5.32. The van der Waals surface area contributed by atoms with Gasteiger partial charge < -0.3 is 20.5 Å². The van der Waals surface area contributed by atoms with E-state index in [1.165, 1.54) is 0 Å². The van der Waals surface area contributed by atoms with Crippen molar-refractivity contribution in [2.24, 2.45) is 5.73 Å². The van der Waals surface area contributed by atoms with E-state index in [0.29, 0.717) is 26.1 Å². The number of carbonyl (C=O) groups excluding carboxylic acids is 1. The highest BCUT2D eigenvalue weighted by Gasteiger charge is 2.27. The van der Waals surface area contributed by atoms with Crippen molar-refractivity contribution in [3.8, 4) is 0 Å². The molecule has 3 N–H and O–H groups in total. The van der Waals surface area contributed by atoms with E-state index in [0.717, 1.165) is 5.56 Å². The van der Waals surface area contributed by atoms with Gasteiger partial charge in [-0.3, -0.25) is 4.79 Å². The third-order valence-electron chi connectivity index (χ3n) is 3.27. The highest BCUT2D eigenvalue weighted by atomic mass is 16.5. The smallest absolute Gasteiger partial charge is 0.239 e. The molecule has 104 valence electrons. The van der Waals surface area contributed by atoms with Gasteiger partial charge in [0.1, 0.15) is 0 Å². The van der Waals surface area contributed by atoms with Crippen molar-refractivity contribution in [2.75, 3.05) is 26.3 Å². The molecule has 5 nitrogen and oxygen atoms in total. The minimum Gasteiger partial charge on any atom is -0.394 e. The van der Waals surface area contributed by atoms with Gasteiger partial charge in [-0.1, -0.05) is 30.3 Å². The number of hydrogen-bond donors (Lipinski definition) is 2. The van der Waals surface area contributed by atoms with Gasteiger partial charge in [-0.25, -0.2) is 0 Å². The zero-order valence-electron chi connectivity index (χ0n) is 10.9. The molecule has 1 aromatic carbocycles. The van der Waals surface area contributed by atoms with E-state index in [1.807, 2.05) is 30.3 Å². The van der Waals surface area contributed by atoms with Gasteiger partial charge in [-0.05, 0) is 12.0 Å². The number of benzene rings is 1. The monoisotopic (exact) mass is 264 g/mol. The number of nitrogens with zero attached hydrogens (tertiary/aromatic N) is 1. The summed E-state index contributed by atoms with van der Waals surface area (Å²) in [6.45, 7) is 1.34. The Labute approximate surface area is 113 Å². The zero-order valence-corrected chi connectivity index (χ0v) is 10.9. The van der Waals surface area contributed by atoms with Crippen LogP contribution in [-0.2, 0) is 16.0 Å². The maximum Gasteiger partial charge on any atom is 0.239 e. The number of hydrogen-bond acceptors (Lipinski definition) is 4. The third kappa shape index (κ3) is 3.76. The Morgan fingerprint density at radius 3 is 2.89 bits per heavy atom. The minimum atomic E-state index is -0.542. The quantitative estimate of drug-likeness (QED) is 0.788. The van der Waals surface area contributed by atoms with Crippen molar-refractivity contribution in [1.82, 2.24) is 4.90 Å². The number of ether oxygens (including phenoxy) is 1. The van der Waals surface area contributed by atoms with Crippen LogP contribution in [0.15, 0.2) is 30.3 Å². The lowest BCUT2D eigenvalue weighted by molar-refractivity contribution is -0.141. The molecule has 0 bridgehead atoms. The molecule has 1 amide bonds. The first-order chi connectivity index (χ1) is 9.20. The summed E-state index contributed by atoms with van der Waals surface area (Å²) in [5.41, 5.74) is 7.02. The van der Waals surface area contributed by atoms with Crippen LogP contribution in [0.2, 0.25) is 0 Å². The van der Waals surface area contributed by atoms with E-state index in [9.17, 15) is 4.79 Å². The second kappa shape index (κ2) is 6.65. The van der Waals surface area contributed by atoms with Crippen molar-refractivity contribution >= 4 is 5.91 Å². The fraction of sp³-hybridized carbons (Fsp3) is 0.500. The molecule has 1 aliphatic rings. The van der Waals surface area contributed by atoms with E-state index >= 15 is 0 Å². The van der Waals surface area contributed by atoms with Crippen LogP contribution in [0.5, 0.6) is 0 Å². The summed E-state index contributed by atoms with van der Waals surface area (Å²) in [5.74, 6) is -0.0781. The van der Waals surface area contributed by atoms with E-state index < -0.39 is 6.04 Å². The molecule has 1 aliphatic heterocycles. The van der Waals surface area contributed by atoms with Gasteiger partial charge in [0, 0.05) is 13.1 Å². The third-order valence-corrected chi connectivity index (χ3v) is 3.27. The lowest BCUT2D eigenvalue weighted by atomic mass is 10.1. The molecule has 1 heterocycles. The first kappa shape index (κ1) is 14.0. The molecule has 0 spiro atoms. The predicted octanol–water partition coefficient (Wildman–Crippen LogP) is -0.224. The molecule has 1 aromatic rings. The fourth-order valence-electron chi connectivity index (χ4n) is 2.22. The summed E-state index contributed by atoms with van der Waals surface area (Å²) >= 11 is 0. The van der Waals surface area contributed by atoms with Gasteiger partial charge in [0.05, 0.1) is 25.4 Å². The highest BCUT2D eigenvalue weighted by molar-refractivity contribution is 5.82. The number of morpholine rings is 1. The van der Waals surface area contributed by atoms with Crippen molar-refractivity contribution in [2.45, 2.75) is 18.6 Å². The van der Waals surface area contributed by atoms with E-state index in [-0.39, 0.29) is 18.6 Å². The summed E-state index contributed by atoms with van der Waals surface area (Å²) in [7, 11) is 0. The Morgan fingerprint density at radius 2 is 2.21 bits per heavy atom. The van der Waals surface area contributed by atoms with Gasteiger partial charge in [-0.2, -0.15) is 0 Å². The zero-order chi connectivity index (χ0) is 13.7. The van der Waals surface area contributed by atoms with Crippen LogP contribution >= 0.6 is 0 Å². The summed E-state index contributed by atoms with van der Waals surface area (Å²) in [4.78, 5) is 13.9. The molecule has 1 saturated heterocycles. The number of aliphatic hydroxyl groups is 1. The minimum absolute atomic E-state index is 0.0717. The molecule has 0 saturated carbocycles. The van der Waals surface area contributed by atoms with E-state index in [2.05, 4.69) is 0 Å². The number of nitrogens with two attached hydrogens (primary N) is 1. The van der Waals surface area contributed by atoms with E-state index in [1.54, 1.807) is 4.90 Å². The van der Waals surface area contributed by atoms with Gasteiger partial charge in [0.15, 0.2) is 0 Å². The SMILES string of the molecule is N[C@H](Cc1ccccc1)C(=O)N1CCOC(CO)C1.